The van der Waals surface area contributed by atoms with Crippen LogP contribution in [0, 0.1) is 5.92 Å². The average Bonchev–Trinajstić information content (AvgIpc) is 2.04. The van der Waals surface area contributed by atoms with Crippen LogP contribution in [0.2, 0.25) is 0 Å². The van der Waals surface area contributed by atoms with Gasteiger partial charge < -0.3 is 5.73 Å². The molecule has 0 saturated carbocycles. The fraction of sp³-hybridized carbons (Fsp3) is 0.143. The molecule has 0 amide bonds. The van der Waals surface area contributed by atoms with Gasteiger partial charge in [-0.25, -0.2) is 15.0 Å². The molecule has 0 aromatic rings. The van der Waals surface area contributed by atoms with E-state index in [-0.39, 0.29) is 11.6 Å². The Morgan fingerprint density at radius 2 is 2.25 bits per heavy atom. The molecule has 0 aliphatic carbocycles. The maximum atomic E-state index is 11.2. The van der Waals surface area contributed by atoms with E-state index in [1.807, 2.05) is 0 Å². The molecule has 0 spiro atoms. The Morgan fingerprint density at radius 3 is 3.00 bits per heavy atom. The molecular formula is C7H6N4O. The number of hydrogen-bond acceptors (Lipinski definition) is 5. The predicted octanol–water partition coefficient (Wildman–Crippen LogP) is -0.503. The lowest BCUT2D eigenvalue weighted by atomic mass is 9.99. The van der Waals surface area contributed by atoms with E-state index < -0.39 is 5.92 Å². The molecular weight excluding hydrogens is 156 g/mol. The van der Waals surface area contributed by atoms with E-state index in [1.165, 1.54) is 18.6 Å². The van der Waals surface area contributed by atoms with E-state index in [2.05, 4.69) is 15.0 Å². The third-order valence-corrected chi connectivity index (χ3v) is 1.68. The van der Waals surface area contributed by atoms with Gasteiger partial charge in [0.1, 0.15) is 23.9 Å². The van der Waals surface area contributed by atoms with Crippen LogP contribution in [0.15, 0.2) is 27.3 Å². The van der Waals surface area contributed by atoms with Crippen LogP contribution in [0.1, 0.15) is 0 Å². The van der Waals surface area contributed by atoms with Gasteiger partial charge in [-0.3, -0.25) is 4.79 Å². The van der Waals surface area contributed by atoms with Crippen LogP contribution in [0.4, 0.5) is 0 Å². The Kier molecular flexibility index (Phi) is 1.36. The molecule has 1 unspecified atom stereocenters. The maximum Gasteiger partial charge on any atom is 0.175 e. The van der Waals surface area contributed by atoms with Crippen molar-refractivity contribution >= 4 is 23.8 Å². The Bertz CT molecular complexity index is 350. The molecule has 60 valence electrons. The quantitative estimate of drug-likeness (QED) is 0.520. The topological polar surface area (TPSA) is 80.2 Å². The third-order valence-electron chi connectivity index (χ3n) is 1.68. The SMILES string of the molecule is NC1=NC=NC2=NC=CC(=O)C12. The smallest absolute Gasteiger partial charge is 0.175 e. The molecule has 2 aliphatic heterocycles. The zero-order valence-corrected chi connectivity index (χ0v) is 6.14. The first-order valence-electron chi connectivity index (χ1n) is 3.43. The predicted molar refractivity (Wildman–Crippen MR) is 45.2 cm³/mol. The molecule has 0 aromatic heterocycles. The van der Waals surface area contributed by atoms with Gasteiger partial charge in [-0.05, 0) is 0 Å². The number of hydrogen-bond donors (Lipinski definition) is 1. The van der Waals surface area contributed by atoms with E-state index in [0.717, 1.165) is 0 Å². The van der Waals surface area contributed by atoms with E-state index in [4.69, 9.17) is 5.73 Å². The summed E-state index contributed by atoms with van der Waals surface area (Å²) < 4.78 is 0. The molecule has 5 nitrogen and oxygen atoms in total. The highest BCUT2D eigenvalue weighted by molar-refractivity contribution is 6.28. The fourth-order valence-corrected chi connectivity index (χ4v) is 1.10. The Balaban J connectivity index is 2.47. The summed E-state index contributed by atoms with van der Waals surface area (Å²) in [5.41, 5.74) is 5.50. The van der Waals surface area contributed by atoms with Gasteiger partial charge in [-0.15, -0.1) is 0 Å². The van der Waals surface area contributed by atoms with Crippen molar-refractivity contribution in [2.45, 2.75) is 0 Å². The summed E-state index contributed by atoms with van der Waals surface area (Å²) in [5.74, 6) is 0.0196. The number of aliphatic imine (C=N–C) groups is 3. The second-order valence-corrected chi connectivity index (χ2v) is 2.44. The molecule has 0 saturated heterocycles. The number of fused-ring (bicyclic) bond motifs is 1. The van der Waals surface area contributed by atoms with Gasteiger partial charge >= 0.3 is 0 Å². The van der Waals surface area contributed by atoms with E-state index in [9.17, 15) is 4.79 Å². The van der Waals surface area contributed by atoms with Crippen molar-refractivity contribution in [3.8, 4) is 0 Å². The van der Waals surface area contributed by atoms with Crippen molar-refractivity contribution in [3.05, 3.63) is 12.3 Å². The maximum absolute atomic E-state index is 11.2. The van der Waals surface area contributed by atoms with Gasteiger partial charge in [0.2, 0.25) is 0 Å². The minimum absolute atomic E-state index is 0.113. The van der Waals surface area contributed by atoms with Gasteiger partial charge in [-0.2, -0.15) is 0 Å². The van der Waals surface area contributed by atoms with Gasteiger partial charge in [-0.1, -0.05) is 0 Å². The van der Waals surface area contributed by atoms with Crippen molar-refractivity contribution < 1.29 is 4.79 Å². The van der Waals surface area contributed by atoms with Gasteiger partial charge in [0.25, 0.3) is 0 Å². The van der Waals surface area contributed by atoms with E-state index >= 15 is 0 Å². The lowest BCUT2D eigenvalue weighted by Crippen LogP contribution is -2.38. The number of nitrogens with zero attached hydrogens (tertiary/aromatic N) is 3. The largest absolute Gasteiger partial charge is 0.386 e. The summed E-state index contributed by atoms with van der Waals surface area (Å²) in [7, 11) is 0. The van der Waals surface area contributed by atoms with Crippen molar-refractivity contribution in [1.82, 2.24) is 0 Å². The summed E-state index contributed by atoms with van der Waals surface area (Å²) in [4.78, 5) is 22.7. The van der Waals surface area contributed by atoms with Crippen molar-refractivity contribution in [2.24, 2.45) is 26.6 Å². The van der Waals surface area contributed by atoms with Gasteiger partial charge in [0.15, 0.2) is 5.78 Å². The zero-order valence-electron chi connectivity index (χ0n) is 6.14. The Hall–Kier alpha value is -1.78. The number of carbonyl (C=O) groups excluding carboxylic acids is 1. The zero-order chi connectivity index (χ0) is 8.55. The molecule has 0 bridgehead atoms. The van der Waals surface area contributed by atoms with Gasteiger partial charge in [0, 0.05) is 12.3 Å². The first-order chi connectivity index (χ1) is 5.79. The lowest BCUT2D eigenvalue weighted by Gasteiger charge is -2.16. The molecule has 12 heavy (non-hydrogen) atoms. The molecule has 2 N–H and O–H groups in total. The highest BCUT2D eigenvalue weighted by Crippen LogP contribution is 2.12. The molecule has 1 atom stereocenters. The Morgan fingerprint density at radius 1 is 1.42 bits per heavy atom. The molecule has 2 aliphatic rings. The van der Waals surface area contributed by atoms with Crippen LogP contribution in [-0.4, -0.2) is 23.8 Å². The van der Waals surface area contributed by atoms with E-state index in [0.29, 0.717) is 5.84 Å². The van der Waals surface area contributed by atoms with Crippen LogP contribution in [0.3, 0.4) is 0 Å². The standard InChI is InChI=1S/C7H6N4O/c8-6-5-4(12)1-2-9-7(5)11-3-10-6/h1-3,5H,(H2,8,9,10,11). The number of nitrogens with two attached hydrogens (primary N) is 1. The van der Waals surface area contributed by atoms with E-state index in [1.54, 1.807) is 0 Å². The highest BCUT2D eigenvalue weighted by Gasteiger charge is 2.29. The minimum Gasteiger partial charge on any atom is -0.386 e. The lowest BCUT2D eigenvalue weighted by molar-refractivity contribution is -0.115. The molecule has 2 rings (SSSR count). The molecule has 0 aromatic carbocycles. The number of amidine groups is 2. The summed E-state index contributed by atoms with van der Waals surface area (Å²) in [5, 5.41) is 0. The van der Waals surface area contributed by atoms with Crippen LogP contribution >= 0.6 is 0 Å². The summed E-state index contributed by atoms with van der Waals surface area (Å²) >= 11 is 0. The van der Waals surface area contributed by atoms with Crippen molar-refractivity contribution in [3.63, 3.8) is 0 Å². The molecule has 2 heterocycles. The number of carbonyl (C=O) groups is 1. The first kappa shape index (κ1) is 6.90. The Labute approximate surface area is 68.4 Å². The fourth-order valence-electron chi connectivity index (χ4n) is 1.10. The highest BCUT2D eigenvalue weighted by atomic mass is 16.1. The minimum atomic E-state index is -0.556. The second kappa shape index (κ2) is 2.37. The summed E-state index contributed by atoms with van der Waals surface area (Å²) in [6.07, 6.45) is 4.10. The van der Waals surface area contributed by atoms with Crippen LogP contribution in [0.5, 0.6) is 0 Å². The first-order valence-corrected chi connectivity index (χ1v) is 3.43. The second-order valence-electron chi connectivity index (χ2n) is 2.44. The molecule has 0 fully saturated rings. The van der Waals surface area contributed by atoms with Crippen LogP contribution in [0.25, 0.3) is 0 Å². The average molecular weight is 162 g/mol. The number of allylic oxidation sites excluding steroid dienone is 1. The molecule has 5 heteroatoms. The molecule has 0 radical (unpaired) electrons. The van der Waals surface area contributed by atoms with Gasteiger partial charge in [0.05, 0.1) is 0 Å². The van der Waals surface area contributed by atoms with Crippen LogP contribution in [-0.2, 0) is 4.79 Å². The number of rotatable bonds is 0. The number of ketones is 1. The van der Waals surface area contributed by atoms with Crippen molar-refractivity contribution in [1.29, 1.82) is 0 Å². The van der Waals surface area contributed by atoms with Crippen molar-refractivity contribution in [2.75, 3.05) is 0 Å². The summed E-state index contributed by atoms with van der Waals surface area (Å²) in [6, 6.07) is 0. The normalized spacial score (nSPS) is 26.3. The van der Waals surface area contributed by atoms with Crippen LogP contribution < -0.4 is 5.73 Å². The third kappa shape index (κ3) is 0.868. The summed E-state index contributed by atoms with van der Waals surface area (Å²) in [6.45, 7) is 0. The monoisotopic (exact) mass is 162 g/mol.